The van der Waals surface area contributed by atoms with Crippen LogP contribution in [0.4, 0.5) is 15.3 Å². The van der Waals surface area contributed by atoms with Crippen LogP contribution in [-0.4, -0.2) is 55.2 Å². The monoisotopic (exact) mass is 303 g/mol. The number of amides is 3. The molecule has 6 nitrogen and oxygen atoms in total. The molecule has 0 aromatic heterocycles. The van der Waals surface area contributed by atoms with Crippen LogP contribution in [0.5, 0.6) is 0 Å². The third-order valence-electron chi connectivity index (χ3n) is 4.62. The Morgan fingerprint density at radius 2 is 1.73 bits per heavy atom. The molecule has 0 radical (unpaired) electrons. The van der Waals surface area contributed by atoms with Crippen LogP contribution < -0.4 is 5.32 Å². The molecule has 0 atom stereocenters. The highest BCUT2D eigenvalue weighted by Crippen LogP contribution is 2.40. The van der Waals surface area contributed by atoms with E-state index in [1.807, 2.05) is 35.2 Å². The zero-order chi connectivity index (χ0) is 15.6. The summed E-state index contributed by atoms with van der Waals surface area (Å²) in [4.78, 5) is 27.2. The van der Waals surface area contributed by atoms with Gasteiger partial charge < -0.3 is 19.9 Å². The Labute approximate surface area is 130 Å². The first-order chi connectivity index (χ1) is 10.6. The minimum absolute atomic E-state index is 0.0489. The normalized spacial score (nSPS) is 19.5. The lowest BCUT2D eigenvalue weighted by molar-refractivity contribution is -0.0162. The number of anilines is 1. The summed E-state index contributed by atoms with van der Waals surface area (Å²) in [6.07, 6.45) is 1.60. The number of hydrogen-bond donors (Lipinski definition) is 1. The predicted octanol–water partition coefficient (Wildman–Crippen LogP) is 2.38. The Bertz CT molecular complexity index is 545. The molecule has 1 spiro atoms. The van der Waals surface area contributed by atoms with Crippen molar-refractivity contribution in [1.82, 2.24) is 9.80 Å². The van der Waals surface area contributed by atoms with E-state index in [1.165, 1.54) is 7.11 Å². The summed E-state index contributed by atoms with van der Waals surface area (Å²) in [6.45, 7) is 2.95. The van der Waals surface area contributed by atoms with Crippen molar-refractivity contribution in [3.05, 3.63) is 30.3 Å². The van der Waals surface area contributed by atoms with E-state index < -0.39 is 0 Å². The number of benzene rings is 1. The highest BCUT2D eigenvalue weighted by molar-refractivity contribution is 5.89. The molecule has 3 amide bonds. The van der Waals surface area contributed by atoms with Crippen LogP contribution in [0.25, 0.3) is 0 Å². The Kier molecular flexibility index (Phi) is 3.92. The third-order valence-corrected chi connectivity index (χ3v) is 4.62. The lowest BCUT2D eigenvalue weighted by atomic mass is 9.72. The molecule has 1 aromatic carbocycles. The van der Waals surface area contributed by atoms with Crippen molar-refractivity contribution in [2.45, 2.75) is 12.8 Å². The summed E-state index contributed by atoms with van der Waals surface area (Å²) < 4.78 is 4.75. The van der Waals surface area contributed by atoms with E-state index in [9.17, 15) is 9.59 Å². The maximum atomic E-state index is 12.2. The summed E-state index contributed by atoms with van der Waals surface area (Å²) in [5, 5.41) is 2.90. The second-order valence-corrected chi connectivity index (χ2v) is 6.11. The highest BCUT2D eigenvalue weighted by atomic mass is 16.5. The minimum Gasteiger partial charge on any atom is -0.453 e. The van der Waals surface area contributed by atoms with E-state index in [0.29, 0.717) is 13.1 Å². The Morgan fingerprint density at radius 1 is 1.09 bits per heavy atom. The van der Waals surface area contributed by atoms with Crippen molar-refractivity contribution < 1.29 is 14.3 Å². The number of likely N-dealkylation sites (tertiary alicyclic amines) is 2. The second kappa shape index (κ2) is 5.87. The largest absolute Gasteiger partial charge is 0.453 e. The summed E-state index contributed by atoms with van der Waals surface area (Å²) >= 11 is 0. The van der Waals surface area contributed by atoms with Gasteiger partial charge in [0.05, 0.1) is 7.11 Å². The number of nitrogens with zero attached hydrogens (tertiary/aromatic N) is 2. The van der Waals surface area contributed by atoms with Crippen molar-refractivity contribution in [1.29, 1.82) is 0 Å². The quantitative estimate of drug-likeness (QED) is 0.866. The van der Waals surface area contributed by atoms with Gasteiger partial charge >= 0.3 is 12.1 Å². The summed E-state index contributed by atoms with van der Waals surface area (Å²) in [6, 6.07) is 9.42. The van der Waals surface area contributed by atoms with Crippen LogP contribution in [0, 0.1) is 5.41 Å². The lowest BCUT2D eigenvalue weighted by Gasteiger charge is -2.53. The maximum absolute atomic E-state index is 12.2. The first-order valence-corrected chi connectivity index (χ1v) is 7.56. The number of carbonyl (C=O) groups is 2. The van der Waals surface area contributed by atoms with E-state index in [1.54, 1.807) is 4.90 Å². The van der Waals surface area contributed by atoms with Crippen LogP contribution in [0.1, 0.15) is 12.8 Å². The van der Waals surface area contributed by atoms with Crippen LogP contribution in [0.15, 0.2) is 30.3 Å². The second-order valence-electron chi connectivity index (χ2n) is 6.11. The molecule has 1 N–H and O–H groups in total. The number of rotatable bonds is 1. The fourth-order valence-corrected chi connectivity index (χ4v) is 3.24. The van der Waals surface area contributed by atoms with Gasteiger partial charge in [-0.2, -0.15) is 0 Å². The number of hydrogen-bond acceptors (Lipinski definition) is 3. The van der Waals surface area contributed by atoms with E-state index in [4.69, 9.17) is 4.74 Å². The molecule has 2 fully saturated rings. The van der Waals surface area contributed by atoms with Gasteiger partial charge in [-0.05, 0) is 25.0 Å². The molecular weight excluding hydrogens is 282 g/mol. The average Bonchev–Trinajstić information content (AvgIpc) is 2.53. The van der Waals surface area contributed by atoms with Gasteiger partial charge in [-0.3, -0.25) is 0 Å². The first-order valence-electron chi connectivity index (χ1n) is 7.56. The van der Waals surface area contributed by atoms with Crippen LogP contribution in [0.3, 0.4) is 0 Å². The van der Waals surface area contributed by atoms with Crippen molar-refractivity contribution in [2.75, 3.05) is 38.6 Å². The first kappa shape index (κ1) is 14.7. The fourth-order valence-electron chi connectivity index (χ4n) is 3.24. The molecule has 0 aliphatic carbocycles. The standard InChI is InChI=1S/C16H21N3O3/c1-22-15(21)18-9-7-16(8-10-18)11-19(12-16)14(20)17-13-5-3-2-4-6-13/h2-6H,7-12H2,1H3,(H,17,20). The van der Waals surface area contributed by atoms with Gasteiger partial charge in [0.2, 0.25) is 0 Å². The Morgan fingerprint density at radius 3 is 2.32 bits per heavy atom. The number of ether oxygens (including phenoxy) is 1. The number of urea groups is 1. The van der Waals surface area contributed by atoms with Gasteiger partial charge in [0.1, 0.15) is 0 Å². The number of carbonyl (C=O) groups excluding carboxylic acids is 2. The van der Waals surface area contributed by atoms with E-state index in [2.05, 4.69) is 5.32 Å². The molecule has 2 aliphatic heterocycles. The smallest absolute Gasteiger partial charge is 0.409 e. The molecule has 0 saturated carbocycles. The number of methoxy groups -OCH3 is 1. The van der Waals surface area contributed by atoms with Gasteiger partial charge in [-0.15, -0.1) is 0 Å². The van der Waals surface area contributed by atoms with Crippen molar-refractivity contribution in [2.24, 2.45) is 5.41 Å². The van der Waals surface area contributed by atoms with E-state index in [0.717, 1.165) is 31.6 Å². The summed E-state index contributed by atoms with van der Waals surface area (Å²) in [5.74, 6) is 0. The van der Waals surface area contributed by atoms with Crippen LogP contribution in [0.2, 0.25) is 0 Å². The van der Waals surface area contributed by atoms with Crippen molar-refractivity contribution >= 4 is 17.8 Å². The average molecular weight is 303 g/mol. The zero-order valence-corrected chi connectivity index (χ0v) is 12.7. The molecule has 2 aliphatic rings. The van der Waals surface area contributed by atoms with Crippen molar-refractivity contribution in [3.8, 4) is 0 Å². The molecular formula is C16H21N3O3. The van der Waals surface area contributed by atoms with E-state index >= 15 is 0 Å². The molecule has 2 saturated heterocycles. The zero-order valence-electron chi connectivity index (χ0n) is 12.7. The van der Waals surface area contributed by atoms with E-state index in [-0.39, 0.29) is 17.5 Å². The van der Waals surface area contributed by atoms with Crippen LogP contribution in [-0.2, 0) is 4.74 Å². The number of piperidine rings is 1. The molecule has 0 unspecified atom stereocenters. The maximum Gasteiger partial charge on any atom is 0.409 e. The van der Waals surface area contributed by atoms with Gasteiger partial charge in [-0.1, -0.05) is 18.2 Å². The highest BCUT2D eigenvalue weighted by Gasteiger charge is 2.47. The number of nitrogens with one attached hydrogen (secondary N) is 1. The molecule has 3 rings (SSSR count). The predicted molar refractivity (Wildman–Crippen MR) is 82.7 cm³/mol. The molecule has 6 heteroatoms. The SMILES string of the molecule is COC(=O)N1CCC2(CC1)CN(C(=O)Nc1ccccc1)C2. The molecule has 1 aromatic rings. The molecule has 2 heterocycles. The Balaban J connectivity index is 1.48. The lowest BCUT2D eigenvalue weighted by Crippen LogP contribution is -2.63. The number of para-hydroxylation sites is 1. The molecule has 22 heavy (non-hydrogen) atoms. The minimum atomic E-state index is -0.257. The van der Waals surface area contributed by atoms with Gasteiger partial charge in [0, 0.05) is 37.3 Å². The summed E-state index contributed by atoms with van der Waals surface area (Å²) in [7, 11) is 1.41. The fraction of sp³-hybridized carbons (Fsp3) is 0.500. The molecule has 0 bridgehead atoms. The van der Waals surface area contributed by atoms with Gasteiger partial charge in [-0.25, -0.2) is 9.59 Å². The topological polar surface area (TPSA) is 61.9 Å². The summed E-state index contributed by atoms with van der Waals surface area (Å²) in [5.41, 5.74) is 0.993. The molecule has 118 valence electrons. The third kappa shape index (κ3) is 2.86. The van der Waals surface area contributed by atoms with Crippen molar-refractivity contribution in [3.63, 3.8) is 0 Å². The van der Waals surface area contributed by atoms with Gasteiger partial charge in [0.15, 0.2) is 0 Å². The Hall–Kier alpha value is -2.24. The van der Waals surface area contributed by atoms with Gasteiger partial charge in [0.25, 0.3) is 0 Å². The van der Waals surface area contributed by atoms with Crippen LogP contribution >= 0.6 is 0 Å².